The van der Waals surface area contributed by atoms with Gasteiger partial charge < -0.3 is 14.6 Å². The normalized spacial score (nSPS) is 11.1. The Morgan fingerprint density at radius 3 is 2.85 bits per heavy atom. The smallest absolute Gasteiger partial charge is 0.264 e. The molecule has 0 fully saturated rings. The fraction of sp³-hybridized carbons (Fsp3) is 0.429. The van der Waals surface area contributed by atoms with Crippen LogP contribution in [-0.2, 0) is 13.2 Å². The van der Waals surface area contributed by atoms with Crippen molar-refractivity contribution in [2.45, 2.75) is 32.9 Å². The molecule has 5 nitrogen and oxygen atoms in total. The molecule has 6 heteroatoms. The van der Waals surface area contributed by atoms with Crippen molar-refractivity contribution in [2.24, 2.45) is 0 Å². The molecule has 0 aliphatic carbocycles. The molecule has 1 aromatic heterocycles. The zero-order valence-corrected chi connectivity index (χ0v) is 13.4. The summed E-state index contributed by atoms with van der Waals surface area (Å²) in [4.78, 5) is 4.28. The summed E-state index contributed by atoms with van der Waals surface area (Å²) in [5.41, 5.74) is 1.14. The lowest BCUT2D eigenvalue weighted by Gasteiger charge is -2.08. The van der Waals surface area contributed by atoms with Gasteiger partial charge in [-0.3, -0.25) is 0 Å². The van der Waals surface area contributed by atoms with Crippen molar-refractivity contribution in [1.82, 2.24) is 15.5 Å². The maximum Gasteiger partial charge on any atom is 0.264 e. The van der Waals surface area contributed by atoms with Crippen LogP contribution in [0.4, 0.5) is 0 Å². The molecule has 0 unspecified atom stereocenters. The second kappa shape index (κ2) is 6.85. The molecule has 0 saturated heterocycles. The number of rotatable bonds is 6. The maximum absolute atomic E-state index is 5.68. The Bertz CT molecular complexity index is 569. The molecule has 108 valence electrons. The van der Waals surface area contributed by atoms with Crippen LogP contribution in [0.1, 0.15) is 37.0 Å². The van der Waals surface area contributed by atoms with Gasteiger partial charge >= 0.3 is 0 Å². The van der Waals surface area contributed by atoms with Crippen LogP contribution in [0.3, 0.4) is 0 Å². The van der Waals surface area contributed by atoms with Crippen LogP contribution in [0.2, 0.25) is 0 Å². The van der Waals surface area contributed by atoms with E-state index in [0.717, 1.165) is 22.3 Å². The van der Waals surface area contributed by atoms with Gasteiger partial charge in [0.2, 0.25) is 0 Å². The lowest BCUT2D eigenvalue weighted by Crippen LogP contribution is -2.06. The predicted molar refractivity (Wildman–Crippen MR) is 79.6 cm³/mol. The Morgan fingerprint density at radius 2 is 2.20 bits per heavy atom. The molecule has 0 saturated carbocycles. The molecule has 2 aromatic rings. The van der Waals surface area contributed by atoms with Crippen LogP contribution in [0.15, 0.2) is 27.2 Å². The third-order valence-electron chi connectivity index (χ3n) is 2.75. The van der Waals surface area contributed by atoms with Crippen molar-refractivity contribution < 1.29 is 9.26 Å². The van der Waals surface area contributed by atoms with Gasteiger partial charge in [0.25, 0.3) is 5.89 Å². The first-order valence-corrected chi connectivity index (χ1v) is 7.27. The average molecular weight is 340 g/mol. The molecule has 2 rings (SSSR count). The number of halogens is 1. The van der Waals surface area contributed by atoms with E-state index >= 15 is 0 Å². The number of benzene rings is 1. The Morgan fingerprint density at radius 1 is 1.40 bits per heavy atom. The van der Waals surface area contributed by atoms with Crippen LogP contribution in [-0.4, -0.2) is 17.2 Å². The maximum atomic E-state index is 5.68. The highest BCUT2D eigenvalue weighted by molar-refractivity contribution is 9.10. The SMILES string of the molecule is CNCc1cc(OCc2nc(C(C)C)no2)ccc1Br. The first kappa shape index (κ1) is 15.0. The standard InChI is InChI=1S/C14H18BrN3O2/c1-9(2)14-17-13(20-18-14)8-19-11-4-5-12(15)10(6-11)7-16-3/h4-6,9,16H,7-8H2,1-3H3. The second-order valence-electron chi connectivity index (χ2n) is 4.77. The van der Waals surface area contributed by atoms with E-state index in [1.165, 1.54) is 0 Å². The molecule has 1 heterocycles. The molecule has 0 bridgehead atoms. The first-order chi connectivity index (χ1) is 9.60. The monoisotopic (exact) mass is 339 g/mol. The van der Waals surface area contributed by atoms with Crippen molar-refractivity contribution in [3.63, 3.8) is 0 Å². The van der Waals surface area contributed by atoms with Gasteiger partial charge in [-0.2, -0.15) is 4.98 Å². The minimum absolute atomic E-state index is 0.252. The fourth-order valence-corrected chi connectivity index (χ4v) is 2.06. The highest BCUT2D eigenvalue weighted by Crippen LogP contribution is 2.23. The van der Waals surface area contributed by atoms with Gasteiger partial charge in [-0.25, -0.2) is 0 Å². The summed E-state index contributed by atoms with van der Waals surface area (Å²) in [6.07, 6.45) is 0. The number of hydrogen-bond donors (Lipinski definition) is 1. The summed E-state index contributed by atoms with van der Waals surface area (Å²) >= 11 is 3.51. The highest BCUT2D eigenvalue weighted by atomic mass is 79.9. The minimum atomic E-state index is 0.252. The van der Waals surface area contributed by atoms with Crippen LogP contribution in [0, 0.1) is 0 Å². The summed E-state index contributed by atoms with van der Waals surface area (Å²) in [5.74, 6) is 2.23. The Hall–Kier alpha value is -1.40. The molecule has 0 aliphatic heterocycles. The van der Waals surface area contributed by atoms with E-state index in [4.69, 9.17) is 9.26 Å². The van der Waals surface area contributed by atoms with E-state index in [2.05, 4.69) is 31.4 Å². The van der Waals surface area contributed by atoms with Crippen molar-refractivity contribution in [1.29, 1.82) is 0 Å². The molecule has 1 N–H and O–H groups in total. The number of nitrogens with zero attached hydrogens (tertiary/aromatic N) is 2. The predicted octanol–water partition coefficient (Wildman–Crippen LogP) is 3.25. The van der Waals surface area contributed by atoms with Crippen molar-refractivity contribution >= 4 is 15.9 Å². The molecule has 20 heavy (non-hydrogen) atoms. The van der Waals surface area contributed by atoms with Gasteiger partial charge in [0.05, 0.1) is 0 Å². The summed E-state index contributed by atoms with van der Waals surface area (Å²) in [6, 6.07) is 5.86. The van der Waals surface area contributed by atoms with E-state index in [9.17, 15) is 0 Å². The molecule has 0 aliphatic rings. The van der Waals surface area contributed by atoms with Crippen molar-refractivity contribution in [2.75, 3.05) is 7.05 Å². The highest BCUT2D eigenvalue weighted by Gasteiger charge is 2.10. The summed E-state index contributed by atoms with van der Waals surface area (Å²) in [7, 11) is 1.91. The zero-order chi connectivity index (χ0) is 14.5. The van der Waals surface area contributed by atoms with Gasteiger partial charge in [0, 0.05) is 16.9 Å². The minimum Gasteiger partial charge on any atom is -0.484 e. The molecular formula is C14H18BrN3O2. The first-order valence-electron chi connectivity index (χ1n) is 6.48. The quantitative estimate of drug-likeness (QED) is 0.875. The van der Waals surface area contributed by atoms with Gasteiger partial charge in [0.1, 0.15) is 5.75 Å². The number of nitrogens with one attached hydrogen (secondary N) is 1. The molecule has 0 amide bonds. The van der Waals surface area contributed by atoms with Crippen LogP contribution >= 0.6 is 15.9 Å². The van der Waals surface area contributed by atoms with Crippen molar-refractivity contribution in [3.8, 4) is 5.75 Å². The molecule has 1 aromatic carbocycles. The fourth-order valence-electron chi connectivity index (χ4n) is 1.67. The van der Waals surface area contributed by atoms with E-state index in [1.807, 2.05) is 39.1 Å². The van der Waals surface area contributed by atoms with Gasteiger partial charge in [0.15, 0.2) is 12.4 Å². The zero-order valence-electron chi connectivity index (χ0n) is 11.8. The Labute approximate surface area is 126 Å². The molecule has 0 atom stereocenters. The van der Waals surface area contributed by atoms with E-state index in [0.29, 0.717) is 11.7 Å². The number of ether oxygens (including phenoxy) is 1. The molecule has 0 radical (unpaired) electrons. The molecular weight excluding hydrogens is 322 g/mol. The van der Waals surface area contributed by atoms with E-state index < -0.39 is 0 Å². The summed E-state index contributed by atoms with van der Waals surface area (Å²) in [6.45, 7) is 5.10. The lowest BCUT2D eigenvalue weighted by molar-refractivity contribution is 0.242. The van der Waals surface area contributed by atoms with Crippen LogP contribution in [0.5, 0.6) is 5.75 Å². The second-order valence-corrected chi connectivity index (χ2v) is 5.63. The van der Waals surface area contributed by atoms with Crippen molar-refractivity contribution in [3.05, 3.63) is 40.0 Å². The number of hydrogen-bond acceptors (Lipinski definition) is 5. The van der Waals surface area contributed by atoms with Gasteiger partial charge in [-0.1, -0.05) is 34.9 Å². The summed E-state index contributed by atoms with van der Waals surface area (Å²) < 4.78 is 11.9. The van der Waals surface area contributed by atoms with Crippen LogP contribution < -0.4 is 10.1 Å². The third-order valence-corrected chi connectivity index (χ3v) is 3.52. The third kappa shape index (κ3) is 3.80. The molecule has 0 spiro atoms. The topological polar surface area (TPSA) is 60.2 Å². The van der Waals surface area contributed by atoms with E-state index in [-0.39, 0.29) is 12.5 Å². The van der Waals surface area contributed by atoms with Gasteiger partial charge in [-0.05, 0) is 30.8 Å². The Balaban J connectivity index is 2.01. The van der Waals surface area contributed by atoms with Gasteiger partial charge in [-0.15, -0.1) is 0 Å². The van der Waals surface area contributed by atoms with E-state index in [1.54, 1.807) is 0 Å². The van der Waals surface area contributed by atoms with Crippen LogP contribution in [0.25, 0.3) is 0 Å². The largest absolute Gasteiger partial charge is 0.484 e. The summed E-state index contributed by atoms with van der Waals surface area (Å²) in [5, 5.41) is 7.02. The Kier molecular flexibility index (Phi) is 5.14. The lowest BCUT2D eigenvalue weighted by atomic mass is 10.2. The average Bonchev–Trinajstić information content (AvgIpc) is 2.89. The number of aromatic nitrogens is 2.